The van der Waals surface area contributed by atoms with E-state index in [1.54, 1.807) is 20.1 Å². The summed E-state index contributed by atoms with van der Waals surface area (Å²) in [6, 6.07) is 14.0. The van der Waals surface area contributed by atoms with Crippen LogP contribution in [-0.4, -0.2) is 26.2 Å². The summed E-state index contributed by atoms with van der Waals surface area (Å²) in [6.07, 6.45) is 3.25. The molecule has 27 heavy (non-hydrogen) atoms. The normalized spacial score (nSPS) is 11.5. The maximum Gasteiger partial charge on any atom is 0.239 e. The van der Waals surface area contributed by atoms with E-state index in [2.05, 4.69) is 27.6 Å². The van der Waals surface area contributed by atoms with Crippen LogP contribution in [-0.2, 0) is 30.7 Å². The molecule has 0 atom stereocenters. The maximum atomic E-state index is 12.1. The molecule has 0 saturated carbocycles. The Bertz CT molecular complexity index is 864. The van der Waals surface area contributed by atoms with E-state index < -0.39 is 5.54 Å². The van der Waals surface area contributed by atoms with Gasteiger partial charge in [-0.25, -0.2) is 0 Å². The molecular formula is C20H25N5O2. The lowest BCUT2D eigenvalue weighted by Crippen LogP contribution is -2.49. The first-order chi connectivity index (χ1) is 12.9. The number of hydrogen-bond donors (Lipinski definition) is 2. The number of furan rings is 1. The van der Waals surface area contributed by atoms with Crippen molar-refractivity contribution in [3.63, 3.8) is 0 Å². The van der Waals surface area contributed by atoms with Crippen LogP contribution in [0.5, 0.6) is 0 Å². The molecule has 0 aliphatic rings. The minimum absolute atomic E-state index is 0.235. The van der Waals surface area contributed by atoms with E-state index >= 15 is 0 Å². The van der Waals surface area contributed by atoms with Gasteiger partial charge in [0.2, 0.25) is 5.91 Å². The molecule has 3 aromatic rings. The number of aryl methyl sites for hydroxylation is 2. The van der Waals surface area contributed by atoms with E-state index in [4.69, 9.17) is 10.2 Å². The smallest absolute Gasteiger partial charge is 0.239 e. The van der Waals surface area contributed by atoms with E-state index in [1.807, 2.05) is 34.9 Å². The predicted molar refractivity (Wildman–Crippen MR) is 102 cm³/mol. The first kappa shape index (κ1) is 18.8. The monoisotopic (exact) mass is 367 g/mol. The molecule has 7 nitrogen and oxygen atoms in total. The Kier molecular flexibility index (Phi) is 5.71. The average Bonchev–Trinajstić information content (AvgIpc) is 3.29. The number of amides is 1. The largest absolute Gasteiger partial charge is 0.467 e. The zero-order valence-electron chi connectivity index (χ0n) is 15.7. The molecule has 0 saturated heterocycles. The minimum Gasteiger partial charge on any atom is -0.467 e. The van der Waals surface area contributed by atoms with Crippen molar-refractivity contribution in [3.8, 4) is 0 Å². The van der Waals surface area contributed by atoms with Crippen LogP contribution in [0.2, 0.25) is 0 Å². The van der Waals surface area contributed by atoms with E-state index in [0.29, 0.717) is 12.4 Å². The van der Waals surface area contributed by atoms with Crippen LogP contribution in [0.15, 0.2) is 53.1 Å². The highest BCUT2D eigenvalue weighted by atomic mass is 16.3. The van der Waals surface area contributed by atoms with Crippen LogP contribution in [0.25, 0.3) is 0 Å². The number of carbonyl (C=O) groups excluding carboxylic acids is 1. The Hall–Kier alpha value is -2.93. The van der Waals surface area contributed by atoms with Crippen LogP contribution in [0.1, 0.15) is 36.8 Å². The zero-order valence-corrected chi connectivity index (χ0v) is 15.7. The fourth-order valence-corrected chi connectivity index (χ4v) is 2.72. The number of aromatic nitrogens is 3. The quantitative estimate of drug-likeness (QED) is 0.635. The second kappa shape index (κ2) is 8.18. The molecule has 0 aliphatic heterocycles. The van der Waals surface area contributed by atoms with E-state index in [9.17, 15) is 4.79 Å². The molecule has 1 amide bonds. The highest BCUT2D eigenvalue weighted by molar-refractivity contribution is 5.84. The van der Waals surface area contributed by atoms with E-state index in [1.165, 1.54) is 5.56 Å². The molecule has 7 heteroatoms. The van der Waals surface area contributed by atoms with Crippen molar-refractivity contribution in [1.29, 1.82) is 0 Å². The summed E-state index contributed by atoms with van der Waals surface area (Å²) < 4.78 is 7.47. The zero-order chi connectivity index (χ0) is 19.3. The second-order valence-electron chi connectivity index (χ2n) is 7.09. The number of carbonyl (C=O) groups is 1. The lowest BCUT2D eigenvalue weighted by atomic mass is 10.1. The first-order valence-electron chi connectivity index (χ1n) is 8.98. The van der Waals surface area contributed by atoms with Gasteiger partial charge in [-0.2, -0.15) is 0 Å². The van der Waals surface area contributed by atoms with Crippen LogP contribution in [0, 0.1) is 0 Å². The summed E-state index contributed by atoms with van der Waals surface area (Å²) in [5.41, 5.74) is 6.14. The summed E-state index contributed by atoms with van der Waals surface area (Å²) in [7, 11) is 0. The Balaban J connectivity index is 1.76. The van der Waals surface area contributed by atoms with Crippen LogP contribution < -0.4 is 11.1 Å². The molecule has 3 rings (SSSR count). The molecule has 0 bridgehead atoms. The number of hydrogen-bond acceptors (Lipinski definition) is 5. The van der Waals surface area contributed by atoms with Crippen LogP contribution >= 0.6 is 0 Å². The molecule has 3 N–H and O–H groups in total. The third-order valence-corrected chi connectivity index (χ3v) is 4.27. The van der Waals surface area contributed by atoms with Crippen molar-refractivity contribution in [1.82, 2.24) is 20.1 Å². The van der Waals surface area contributed by atoms with Crippen molar-refractivity contribution in [2.45, 2.75) is 45.3 Å². The third kappa shape index (κ3) is 5.04. The lowest BCUT2D eigenvalue weighted by Gasteiger charge is -2.17. The fraction of sp³-hybridized carbons (Fsp3) is 0.350. The van der Waals surface area contributed by atoms with Gasteiger partial charge < -0.3 is 20.0 Å². The molecule has 1 aromatic carbocycles. The van der Waals surface area contributed by atoms with E-state index in [0.717, 1.165) is 24.4 Å². The molecule has 0 unspecified atom stereocenters. The van der Waals surface area contributed by atoms with Crippen LogP contribution in [0.3, 0.4) is 0 Å². The molecule has 142 valence electrons. The molecule has 0 spiro atoms. The molecule has 2 heterocycles. The van der Waals surface area contributed by atoms with Gasteiger partial charge in [0.05, 0.1) is 24.9 Å². The summed E-state index contributed by atoms with van der Waals surface area (Å²) in [5, 5.41) is 11.4. The van der Waals surface area contributed by atoms with Gasteiger partial charge in [-0.3, -0.25) is 4.79 Å². The van der Waals surface area contributed by atoms with Gasteiger partial charge in [0.1, 0.15) is 11.6 Å². The summed E-state index contributed by atoms with van der Waals surface area (Å²) >= 11 is 0. The van der Waals surface area contributed by atoms with Crippen molar-refractivity contribution in [2.75, 3.05) is 0 Å². The topological polar surface area (TPSA) is 99.0 Å². The van der Waals surface area contributed by atoms with Crippen LogP contribution in [0.4, 0.5) is 0 Å². The molecular weight excluding hydrogens is 342 g/mol. The van der Waals surface area contributed by atoms with Crippen molar-refractivity contribution >= 4 is 5.91 Å². The number of nitrogens with one attached hydrogen (secondary N) is 1. The van der Waals surface area contributed by atoms with Gasteiger partial charge in [-0.05, 0) is 38.0 Å². The maximum absolute atomic E-state index is 12.1. The number of rotatable bonds is 8. The molecule has 2 aromatic heterocycles. The molecule has 0 radical (unpaired) electrons. The number of benzene rings is 1. The standard InChI is InChI=1S/C20H25N5O2/c1-20(2,21)19(26)22-13-18-24-23-17(11-10-15-7-4-3-5-8-15)25(18)14-16-9-6-12-27-16/h3-9,12H,10-11,13-14,21H2,1-2H3,(H,22,26). The molecule has 0 fully saturated rings. The predicted octanol–water partition coefficient (Wildman–Crippen LogP) is 2.06. The third-order valence-electron chi connectivity index (χ3n) is 4.27. The number of nitrogens with zero attached hydrogens (tertiary/aromatic N) is 3. The summed E-state index contributed by atoms with van der Waals surface area (Å²) in [5.74, 6) is 2.10. The van der Waals surface area contributed by atoms with Gasteiger partial charge in [0.25, 0.3) is 0 Å². The van der Waals surface area contributed by atoms with Crippen molar-refractivity contribution in [3.05, 3.63) is 71.7 Å². The van der Waals surface area contributed by atoms with Gasteiger partial charge in [0.15, 0.2) is 5.82 Å². The number of nitrogens with two attached hydrogens (primary N) is 1. The fourth-order valence-electron chi connectivity index (χ4n) is 2.72. The average molecular weight is 367 g/mol. The van der Waals surface area contributed by atoms with Gasteiger partial charge in [-0.15, -0.1) is 10.2 Å². The summed E-state index contributed by atoms with van der Waals surface area (Å²) in [4.78, 5) is 12.1. The van der Waals surface area contributed by atoms with Gasteiger partial charge >= 0.3 is 0 Å². The lowest BCUT2D eigenvalue weighted by molar-refractivity contribution is -0.125. The van der Waals surface area contributed by atoms with E-state index in [-0.39, 0.29) is 12.5 Å². The Morgan fingerprint density at radius 1 is 1.11 bits per heavy atom. The highest BCUT2D eigenvalue weighted by Gasteiger charge is 2.22. The van der Waals surface area contributed by atoms with Crippen molar-refractivity contribution in [2.24, 2.45) is 5.73 Å². The van der Waals surface area contributed by atoms with Gasteiger partial charge in [0, 0.05) is 6.42 Å². The van der Waals surface area contributed by atoms with Crippen molar-refractivity contribution < 1.29 is 9.21 Å². The highest BCUT2D eigenvalue weighted by Crippen LogP contribution is 2.12. The second-order valence-corrected chi connectivity index (χ2v) is 7.09. The van der Waals surface area contributed by atoms with Gasteiger partial charge in [-0.1, -0.05) is 30.3 Å². The summed E-state index contributed by atoms with van der Waals surface area (Å²) in [6.45, 7) is 4.11. The first-order valence-corrected chi connectivity index (χ1v) is 8.98. The molecule has 0 aliphatic carbocycles. The Labute approximate surface area is 158 Å². The Morgan fingerprint density at radius 2 is 1.85 bits per heavy atom. The minimum atomic E-state index is -0.942. The Morgan fingerprint density at radius 3 is 2.52 bits per heavy atom. The SMILES string of the molecule is CC(C)(N)C(=O)NCc1nnc(CCc2ccccc2)n1Cc1ccco1.